The molecule has 1 amide bonds. The van der Waals surface area contributed by atoms with E-state index in [4.69, 9.17) is 13.9 Å². The summed E-state index contributed by atoms with van der Waals surface area (Å²) in [4.78, 5) is 21.7. The summed E-state index contributed by atoms with van der Waals surface area (Å²) in [6.45, 7) is 22.3. The maximum absolute atomic E-state index is 12.8. The van der Waals surface area contributed by atoms with Crippen molar-refractivity contribution in [2.24, 2.45) is 10.9 Å². The van der Waals surface area contributed by atoms with Gasteiger partial charge in [-0.05, 0) is 66.8 Å². The SMILES string of the molecule is C=CC=C(C)C.CC.CCC.CCOP(=O)(CCC(C)(NC)C(=NC)N(C=O)OCCC1C=CC=CC1)OCC. The number of carbonyl (C=O) groups excluding carboxylic acids is 1. The molecule has 1 rings (SSSR count). The Labute approximate surface area is 246 Å². The standard InChI is InChI=1S/C20H36N3O5P.C6H10.C3H8.C2H6/c1-6-27-29(25,28-7-2)16-14-20(3,22-5)19(21-4)23(17-24)26-15-13-18-11-9-8-10-12-18;1-4-5-6(2)3;1-3-2;1-2/h8-11,17-18,22H,6-7,12-16H2,1-5H3;4-5H,1H2,2-3H3;3H2,1-2H3;1-2H3. The van der Waals surface area contributed by atoms with Crippen molar-refractivity contribution in [3.63, 3.8) is 0 Å². The lowest BCUT2D eigenvalue weighted by Crippen LogP contribution is -2.55. The topological polar surface area (TPSA) is 89.5 Å². The van der Waals surface area contributed by atoms with E-state index in [2.05, 4.69) is 42.9 Å². The van der Waals surface area contributed by atoms with E-state index < -0.39 is 13.1 Å². The van der Waals surface area contributed by atoms with Gasteiger partial charge < -0.3 is 14.4 Å². The summed E-state index contributed by atoms with van der Waals surface area (Å²) in [5, 5.41) is 4.33. The third-order valence-corrected chi connectivity index (χ3v) is 7.41. The van der Waals surface area contributed by atoms with Crippen molar-refractivity contribution in [1.29, 1.82) is 0 Å². The molecule has 1 aliphatic rings. The molecule has 1 aliphatic carbocycles. The lowest BCUT2D eigenvalue weighted by molar-refractivity contribution is -0.150. The van der Waals surface area contributed by atoms with Gasteiger partial charge in [-0.15, -0.1) is 0 Å². The highest BCUT2D eigenvalue weighted by atomic mass is 31.2. The van der Waals surface area contributed by atoms with E-state index >= 15 is 0 Å². The Balaban J connectivity index is -0.00000106. The average molecular weight is 586 g/mol. The van der Waals surface area contributed by atoms with Crippen molar-refractivity contribution in [1.82, 2.24) is 10.4 Å². The Bertz CT molecular complexity index is 797. The summed E-state index contributed by atoms with van der Waals surface area (Å²) in [6, 6.07) is 0. The van der Waals surface area contributed by atoms with Crippen LogP contribution < -0.4 is 5.32 Å². The van der Waals surface area contributed by atoms with Gasteiger partial charge in [0.2, 0.25) is 6.41 Å². The molecule has 0 fully saturated rings. The number of nitrogens with zero attached hydrogens (tertiary/aromatic N) is 2. The number of carbonyl (C=O) groups is 1. The second-order valence-corrected chi connectivity index (χ2v) is 11.3. The van der Waals surface area contributed by atoms with E-state index in [0.29, 0.717) is 44.4 Å². The number of hydrogen-bond acceptors (Lipinski definition) is 7. The van der Waals surface area contributed by atoms with Gasteiger partial charge in [0.05, 0.1) is 31.5 Å². The predicted molar refractivity (Wildman–Crippen MR) is 173 cm³/mol. The van der Waals surface area contributed by atoms with Gasteiger partial charge in [0, 0.05) is 7.05 Å². The zero-order chi connectivity index (χ0) is 31.5. The van der Waals surface area contributed by atoms with Crippen LogP contribution >= 0.6 is 7.60 Å². The molecule has 0 bridgehead atoms. The Hall–Kier alpha value is -1.83. The summed E-state index contributed by atoms with van der Waals surface area (Å²) in [6.07, 6.45) is 16.3. The van der Waals surface area contributed by atoms with Crippen LogP contribution in [-0.4, -0.2) is 62.9 Å². The molecule has 0 saturated heterocycles. The average Bonchev–Trinajstić information content (AvgIpc) is 2.94. The molecule has 0 heterocycles. The van der Waals surface area contributed by atoms with Gasteiger partial charge in [-0.1, -0.05) is 82.7 Å². The molecule has 0 aliphatic heterocycles. The van der Waals surface area contributed by atoms with Crippen molar-refractivity contribution in [2.45, 2.75) is 93.5 Å². The number of hydrogen-bond donors (Lipinski definition) is 1. The quantitative estimate of drug-likeness (QED) is 0.0521. The summed E-state index contributed by atoms with van der Waals surface area (Å²) < 4.78 is 23.6. The minimum absolute atomic E-state index is 0.191. The van der Waals surface area contributed by atoms with Crippen LogP contribution in [0, 0.1) is 5.92 Å². The first-order valence-electron chi connectivity index (χ1n) is 14.6. The molecule has 8 nitrogen and oxygen atoms in total. The second kappa shape index (κ2) is 27.3. The minimum Gasteiger partial charge on any atom is -0.309 e. The summed E-state index contributed by atoms with van der Waals surface area (Å²) in [5.41, 5.74) is 0.539. The van der Waals surface area contributed by atoms with Crippen LogP contribution in [0.2, 0.25) is 0 Å². The van der Waals surface area contributed by atoms with E-state index in [1.165, 1.54) is 12.0 Å². The maximum atomic E-state index is 12.8. The van der Waals surface area contributed by atoms with E-state index in [-0.39, 0.29) is 6.16 Å². The van der Waals surface area contributed by atoms with E-state index in [1.807, 2.05) is 52.8 Å². The van der Waals surface area contributed by atoms with Crippen molar-refractivity contribution >= 4 is 19.8 Å². The number of nitrogens with one attached hydrogen (secondary N) is 1. The van der Waals surface area contributed by atoms with Gasteiger partial charge in [-0.25, -0.2) is 0 Å². The molecule has 0 aromatic heterocycles. The minimum atomic E-state index is -3.21. The van der Waals surface area contributed by atoms with Crippen LogP contribution in [0.25, 0.3) is 0 Å². The molecular weight excluding hydrogens is 525 g/mol. The summed E-state index contributed by atoms with van der Waals surface area (Å²) in [5.74, 6) is 0.808. The highest BCUT2D eigenvalue weighted by molar-refractivity contribution is 7.53. The second-order valence-electron chi connectivity index (χ2n) is 9.10. The number of amides is 1. The lowest BCUT2D eigenvalue weighted by atomic mass is 9.97. The molecule has 2 atom stereocenters. The molecule has 9 heteroatoms. The molecule has 0 aromatic carbocycles. The molecule has 0 aromatic rings. The molecular formula is C31H60N3O5P. The molecule has 0 saturated carbocycles. The van der Waals surface area contributed by atoms with Crippen molar-refractivity contribution in [3.05, 3.63) is 48.6 Å². The Morgan fingerprint density at radius 2 is 1.75 bits per heavy atom. The van der Waals surface area contributed by atoms with E-state index in [1.54, 1.807) is 34.0 Å². The first-order valence-corrected chi connectivity index (χ1v) is 16.3. The Kier molecular flexibility index (Phi) is 29.1. The predicted octanol–water partition coefficient (Wildman–Crippen LogP) is 8.14. The molecule has 234 valence electrons. The smallest absolute Gasteiger partial charge is 0.309 e. The van der Waals surface area contributed by atoms with Crippen LogP contribution in [-0.2, 0) is 23.2 Å². The van der Waals surface area contributed by atoms with Crippen molar-refractivity contribution < 1.29 is 23.2 Å². The number of likely N-dealkylation sites (N-methyl/N-ethyl adjacent to an activating group) is 1. The van der Waals surface area contributed by atoms with Crippen molar-refractivity contribution in [3.8, 4) is 0 Å². The van der Waals surface area contributed by atoms with Crippen LogP contribution in [0.4, 0.5) is 0 Å². The fourth-order valence-corrected chi connectivity index (χ4v) is 5.22. The number of allylic oxidation sites excluding steroid dienone is 7. The normalized spacial score (nSPS) is 15.6. The summed E-state index contributed by atoms with van der Waals surface area (Å²) >= 11 is 0. The first-order chi connectivity index (χ1) is 19.1. The van der Waals surface area contributed by atoms with Gasteiger partial charge in [-0.2, -0.15) is 5.06 Å². The largest absolute Gasteiger partial charge is 0.330 e. The lowest BCUT2D eigenvalue weighted by Gasteiger charge is -2.35. The third-order valence-electron chi connectivity index (χ3n) is 5.34. The van der Waals surface area contributed by atoms with Crippen molar-refractivity contribution in [2.75, 3.05) is 40.1 Å². The van der Waals surface area contributed by atoms with Gasteiger partial charge in [-0.3, -0.25) is 19.2 Å². The Morgan fingerprint density at radius 3 is 2.10 bits per heavy atom. The van der Waals surface area contributed by atoms with Gasteiger partial charge in [0.1, 0.15) is 0 Å². The zero-order valence-electron chi connectivity index (χ0n) is 27.4. The highest BCUT2D eigenvalue weighted by Crippen LogP contribution is 2.49. The fraction of sp³-hybridized carbons (Fsp3) is 0.677. The molecule has 0 radical (unpaired) electrons. The maximum Gasteiger partial charge on any atom is 0.330 e. The van der Waals surface area contributed by atoms with Crippen LogP contribution in [0.3, 0.4) is 0 Å². The van der Waals surface area contributed by atoms with Crippen LogP contribution in [0.15, 0.2) is 53.6 Å². The number of aliphatic imine (C=N–C) groups is 1. The summed E-state index contributed by atoms with van der Waals surface area (Å²) in [7, 11) is 0.151. The van der Waals surface area contributed by atoms with Crippen LogP contribution in [0.5, 0.6) is 0 Å². The molecule has 40 heavy (non-hydrogen) atoms. The van der Waals surface area contributed by atoms with Gasteiger partial charge in [0.25, 0.3) is 0 Å². The van der Waals surface area contributed by atoms with E-state index in [9.17, 15) is 9.36 Å². The molecule has 0 spiro atoms. The van der Waals surface area contributed by atoms with Crippen LogP contribution in [0.1, 0.15) is 88.0 Å². The van der Waals surface area contributed by atoms with Gasteiger partial charge >= 0.3 is 7.60 Å². The monoisotopic (exact) mass is 585 g/mol. The Morgan fingerprint density at radius 1 is 1.18 bits per heavy atom. The molecule has 2 unspecified atom stereocenters. The van der Waals surface area contributed by atoms with E-state index in [0.717, 1.165) is 17.9 Å². The number of rotatable bonds is 15. The highest BCUT2D eigenvalue weighted by Gasteiger charge is 2.37. The zero-order valence-corrected chi connectivity index (χ0v) is 28.3. The number of amidine groups is 1. The van der Waals surface area contributed by atoms with Gasteiger partial charge in [0.15, 0.2) is 5.84 Å². The molecule has 1 N–H and O–H groups in total. The number of hydroxylamine groups is 2. The first kappa shape index (κ1) is 42.6. The fourth-order valence-electron chi connectivity index (χ4n) is 3.38. The third kappa shape index (κ3) is 20.1.